The van der Waals surface area contributed by atoms with E-state index in [4.69, 9.17) is 0 Å². The third kappa shape index (κ3) is 8.69. The Kier molecular flexibility index (Phi) is 7.45. The monoisotopic (exact) mass is 229 g/mol. The number of halogens is 3. The van der Waals surface area contributed by atoms with E-state index < -0.39 is 12.7 Å². The van der Waals surface area contributed by atoms with Gasteiger partial charge in [-0.25, -0.2) is 0 Å². The maximum atomic E-state index is 12.0. The van der Waals surface area contributed by atoms with Crippen LogP contribution in [0.2, 0.25) is 0 Å². The predicted octanol–water partition coefficient (Wildman–Crippen LogP) is 2.97. The molecule has 0 aromatic rings. The number of nitrogens with zero attached hydrogens (tertiary/aromatic N) is 1. The fourth-order valence-electron chi connectivity index (χ4n) is 1.23. The van der Waals surface area contributed by atoms with Gasteiger partial charge in [0.05, 0.1) is 6.54 Å². The van der Waals surface area contributed by atoms with Crippen molar-refractivity contribution < 1.29 is 13.2 Å². The van der Waals surface area contributed by atoms with E-state index in [1.54, 1.807) is 6.92 Å². The van der Waals surface area contributed by atoms with Crippen LogP contribution < -0.4 is 0 Å². The van der Waals surface area contributed by atoms with Gasteiger partial charge in [0.25, 0.3) is 0 Å². The highest BCUT2D eigenvalue weighted by molar-refractivity contribution is 7.80. The smallest absolute Gasteiger partial charge is 0.295 e. The number of hydrogen-bond acceptors (Lipinski definition) is 2. The normalized spacial score (nSPS) is 12.4. The Labute approximate surface area is 89.1 Å². The van der Waals surface area contributed by atoms with E-state index in [-0.39, 0.29) is 0 Å². The van der Waals surface area contributed by atoms with Gasteiger partial charge in [0.1, 0.15) is 0 Å². The molecule has 1 nitrogen and oxygen atoms in total. The van der Waals surface area contributed by atoms with E-state index >= 15 is 0 Å². The third-order valence-electron chi connectivity index (χ3n) is 1.98. The molecule has 0 saturated heterocycles. The van der Waals surface area contributed by atoms with Crippen LogP contribution >= 0.6 is 12.6 Å². The molecule has 0 N–H and O–H groups in total. The van der Waals surface area contributed by atoms with Gasteiger partial charge in [-0.15, -0.1) is 0 Å². The molecule has 0 rings (SSSR count). The molecule has 0 aromatic carbocycles. The Balaban J connectivity index is 3.58. The molecule has 0 unspecified atom stereocenters. The van der Waals surface area contributed by atoms with Gasteiger partial charge in [0.15, 0.2) is 0 Å². The van der Waals surface area contributed by atoms with Gasteiger partial charge in [-0.2, -0.15) is 25.8 Å². The van der Waals surface area contributed by atoms with Crippen LogP contribution in [0.1, 0.15) is 26.2 Å². The largest absolute Gasteiger partial charge is 0.401 e. The summed E-state index contributed by atoms with van der Waals surface area (Å²) in [5, 5.41) is 0. The molecule has 0 aliphatic rings. The van der Waals surface area contributed by atoms with Crippen LogP contribution in [-0.2, 0) is 0 Å². The Hall–Kier alpha value is 0.100. The van der Waals surface area contributed by atoms with Gasteiger partial charge < -0.3 is 0 Å². The van der Waals surface area contributed by atoms with Crippen molar-refractivity contribution in [3.8, 4) is 0 Å². The topological polar surface area (TPSA) is 3.24 Å². The molecule has 86 valence electrons. The average Bonchev–Trinajstić information content (AvgIpc) is 2.08. The lowest BCUT2D eigenvalue weighted by atomic mass is 10.2. The van der Waals surface area contributed by atoms with Crippen LogP contribution in [0.3, 0.4) is 0 Å². The first-order chi connectivity index (χ1) is 6.49. The Morgan fingerprint density at radius 1 is 1.14 bits per heavy atom. The molecule has 14 heavy (non-hydrogen) atoms. The number of hydrogen-bond donors (Lipinski definition) is 1. The highest BCUT2D eigenvalue weighted by atomic mass is 32.1. The second-order valence-electron chi connectivity index (χ2n) is 3.27. The van der Waals surface area contributed by atoms with Gasteiger partial charge in [0, 0.05) is 0 Å². The van der Waals surface area contributed by atoms with Gasteiger partial charge in [-0.3, -0.25) is 4.90 Å². The molecule has 0 amide bonds. The molecule has 0 aromatic heterocycles. The van der Waals surface area contributed by atoms with Gasteiger partial charge in [-0.05, 0) is 31.7 Å². The second kappa shape index (κ2) is 7.40. The summed E-state index contributed by atoms with van der Waals surface area (Å²) in [5.41, 5.74) is 0. The molecule has 0 bridgehead atoms. The Morgan fingerprint density at radius 2 is 1.79 bits per heavy atom. The summed E-state index contributed by atoms with van der Waals surface area (Å²) in [6.45, 7) is 1.96. The molecule has 0 fully saturated rings. The molecule has 0 aliphatic heterocycles. The zero-order valence-electron chi connectivity index (χ0n) is 8.48. The first-order valence-electron chi connectivity index (χ1n) is 4.89. The van der Waals surface area contributed by atoms with E-state index in [0.29, 0.717) is 13.1 Å². The van der Waals surface area contributed by atoms with Crippen LogP contribution in [0, 0.1) is 0 Å². The minimum absolute atomic E-state index is 0.459. The molecule has 0 radical (unpaired) electrons. The first kappa shape index (κ1) is 14.1. The fourth-order valence-corrected chi connectivity index (χ4v) is 1.45. The van der Waals surface area contributed by atoms with Crippen LogP contribution in [-0.4, -0.2) is 36.5 Å². The summed E-state index contributed by atoms with van der Waals surface area (Å²) < 4.78 is 36.0. The summed E-state index contributed by atoms with van der Waals surface area (Å²) in [5.74, 6) is 0.811. The minimum atomic E-state index is -4.07. The van der Waals surface area contributed by atoms with Crippen molar-refractivity contribution in [2.45, 2.75) is 32.4 Å². The lowest BCUT2D eigenvalue weighted by Gasteiger charge is -2.21. The summed E-state index contributed by atoms with van der Waals surface area (Å²) in [7, 11) is 0. The minimum Gasteiger partial charge on any atom is -0.295 e. The van der Waals surface area contributed by atoms with E-state index in [9.17, 15) is 13.2 Å². The van der Waals surface area contributed by atoms with Crippen molar-refractivity contribution in [1.82, 2.24) is 4.90 Å². The average molecular weight is 229 g/mol. The fraction of sp³-hybridized carbons (Fsp3) is 1.00. The maximum absolute atomic E-state index is 12.0. The molecule has 0 atom stereocenters. The van der Waals surface area contributed by atoms with Crippen molar-refractivity contribution in [2.75, 3.05) is 25.4 Å². The van der Waals surface area contributed by atoms with Crippen LogP contribution in [0.25, 0.3) is 0 Å². The first-order valence-corrected chi connectivity index (χ1v) is 5.52. The van der Waals surface area contributed by atoms with Gasteiger partial charge >= 0.3 is 6.18 Å². The molecule has 0 spiro atoms. The quantitative estimate of drug-likeness (QED) is 0.519. The third-order valence-corrected chi connectivity index (χ3v) is 2.30. The molecule has 0 heterocycles. The SMILES string of the molecule is CCN(CCCCCS)CC(F)(F)F. The van der Waals surface area contributed by atoms with Crippen molar-refractivity contribution >= 4 is 12.6 Å². The predicted molar refractivity (Wildman–Crippen MR) is 55.9 cm³/mol. The lowest BCUT2D eigenvalue weighted by molar-refractivity contribution is -0.145. The molecule has 0 aliphatic carbocycles. The van der Waals surface area contributed by atoms with Crippen molar-refractivity contribution in [2.24, 2.45) is 0 Å². The molecule has 5 heteroatoms. The second-order valence-corrected chi connectivity index (χ2v) is 3.72. The maximum Gasteiger partial charge on any atom is 0.401 e. The summed E-state index contributed by atoms with van der Waals surface area (Å²) >= 11 is 4.04. The summed E-state index contributed by atoms with van der Waals surface area (Å²) in [6.07, 6.45) is -1.31. The van der Waals surface area contributed by atoms with Crippen molar-refractivity contribution in [3.63, 3.8) is 0 Å². The molecular formula is C9H18F3NS. The van der Waals surface area contributed by atoms with Crippen molar-refractivity contribution in [3.05, 3.63) is 0 Å². The van der Waals surface area contributed by atoms with Crippen LogP contribution in [0.15, 0.2) is 0 Å². The standard InChI is InChI=1S/C9H18F3NS/c1-2-13(8-9(10,11)12)6-4-3-5-7-14/h14H,2-8H2,1H3. The highest BCUT2D eigenvalue weighted by Crippen LogP contribution is 2.16. The van der Waals surface area contributed by atoms with E-state index in [2.05, 4.69) is 12.6 Å². The van der Waals surface area contributed by atoms with E-state index in [0.717, 1.165) is 25.0 Å². The number of thiol groups is 1. The zero-order chi connectivity index (χ0) is 11.0. The van der Waals surface area contributed by atoms with Crippen molar-refractivity contribution in [1.29, 1.82) is 0 Å². The van der Waals surface area contributed by atoms with E-state index in [1.165, 1.54) is 4.90 Å². The lowest BCUT2D eigenvalue weighted by Crippen LogP contribution is -2.34. The van der Waals surface area contributed by atoms with Gasteiger partial charge in [0.2, 0.25) is 0 Å². The molecular weight excluding hydrogens is 211 g/mol. The number of alkyl halides is 3. The highest BCUT2D eigenvalue weighted by Gasteiger charge is 2.29. The summed E-state index contributed by atoms with van der Waals surface area (Å²) in [4.78, 5) is 1.43. The Bertz CT molecular complexity index is 139. The summed E-state index contributed by atoms with van der Waals surface area (Å²) in [6, 6.07) is 0. The zero-order valence-corrected chi connectivity index (χ0v) is 9.37. The Morgan fingerprint density at radius 3 is 2.21 bits per heavy atom. The number of unbranched alkanes of at least 4 members (excludes halogenated alkanes) is 2. The molecule has 0 saturated carbocycles. The van der Waals surface area contributed by atoms with Crippen LogP contribution in [0.4, 0.5) is 13.2 Å². The van der Waals surface area contributed by atoms with E-state index in [1.807, 2.05) is 0 Å². The van der Waals surface area contributed by atoms with Gasteiger partial charge in [-0.1, -0.05) is 13.3 Å². The number of rotatable bonds is 7. The van der Waals surface area contributed by atoms with Crippen LogP contribution in [0.5, 0.6) is 0 Å².